The smallest absolute Gasteiger partial charge is 0.137 e. The molecule has 0 saturated heterocycles. The first-order valence-corrected chi connectivity index (χ1v) is 9.07. The second-order valence-corrected chi connectivity index (χ2v) is 6.62. The molecule has 5 aromatic rings. The molecule has 0 saturated carbocycles. The molecule has 28 heavy (non-hydrogen) atoms. The maximum Gasteiger partial charge on any atom is 0.137 e. The largest absolute Gasteiger partial charge is 0.507 e. The van der Waals surface area contributed by atoms with Crippen LogP contribution in [0.25, 0.3) is 27.7 Å². The lowest BCUT2D eigenvalue weighted by atomic mass is 10.0. The van der Waals surface area contributed by atoms with E-state index in [1.54, 1.807) is 12.3 Å². The zero-order chi connectivity index (χ0) is 18.9. The van der Waals surface area contributed by atoms with Crippen LogP contribution in [0.3, 0.4) is 0 Å². The van der Waals surface area contributed by atoms with Gasteiger partial charge in [-0.15, -0.1) is 0 Å². The van der Waals surface area contributed by atoms with Gasteiger partial charge in [0.1, 0.15) is 11.4 Å². The van der Waals surface area contributed by atoms with E-state index in [4.69, 9.17) is 0 Å². The Balaban J connectivity index is 1.46. The maximum absolute atomic E-state index is 10.2. The number of hydrogen-bond acceptors (Lipinski definition) is 3. The summed E-state index contributed by atoms with van der Waals surface area (Å²) < 4.78 is 2.00. The van der Waals surface area contributed by atoms with Gasteiger partial charge >= 0.3 is 0 Å². The Bertz CT molecular complexity index is 1280. The first kappa shape index (κ1) is 16.3. The predicted molar refractivity (Wildman–Crippen MR) is 113 cm³/mol. The molecule has 0 fully saturated rings. The highest BCUT2D eigenvalue weighted by atomic mass is 16.3. The molecule has 0 bridgehead atoms. The van der Waals surface area contributed by atoms with E-state index < -0.39 is 0 Å². The summed E-state index contributed by atoms with van der Waals surface area (Å²) in [5, 5.41) is 12.3. The topological polar surface area (TPSA) is 49.9 Å². The van der Waals surface area contributed by atoms with Gasteiger partial charge < -0.3 is 9.51 Å². The van der Waals surface area contributed by atoms with Gasteiger partial charge in [0.25, 0.3) is 0 Å². The molecular formula is C24H17N3O. The van der Waals surface area contributed by atoms with Gasteiger partial charge in [0.05, 0.1) is 11.4 Å². The number of hydrogen-bond donors (Lipinski definition) is 1. The minimum atomic E-state index is 0.226. The SMILES string of the molecule is Oc1ccc2ccccc2c1C=Nc1ccc(-c2cn3ccccc3n2)cc1. The van der Waals surface area contributed by atoms with Crippen molar-refractivity contribution in [3.8, 4) is 17.0 Å². The number of aliphatic imine (C=N–C) groups is 1. The summed E-state index contributed by atoms with van der Waals surface area (Å²) >= 11 is 0. The molecule has 0 amide bonds. The average Bonchev–Trinajstić information content (AvgIpc) is 3.18. The molecule has 3 aromatic carbocycles. The molecule has 134 valence electrons. The van der Waals surface area contributed by atoms with Crippen molar-refractivity contribution in [1.82, 2.24) is 9.38 Å². The number of imidazole rings is 1. The lowest BCUT2D eigenvalue weighted by Crippen LogP contribution is -1.85. The van der Waals surface area contributed by atoms with Crippen molar-refractivity contribution in [1.29, 1.82) is 0 Å². The van der Waals surface area contributed by atoms with Crippen LogP contribution in [-0.4, -0.2) is 20.7 Å². The maximum atomic E-state index is 10.2. The number of benzene rings is 3. The molecular weight excluding hydrogens is 346 g/mol. The molecule has 5 rings (SSSR count). The predicted octanol–water partition coefficient (Wildman–Crippen LogP) is 5.61. The van der Waals surface area contributed by atoms with E-state index in [0.717, 1.165) is 38.9 Å². The third-order valence-corrected chi connectivity index (χ3v) is 4.82. The van der Waals surface area contributed by atoms with Crippen LogP contribution < -0.4 is 0 Å². The summed E-state index contributed by atoms with van der Waals surface area (Å²) in [5.74, 6) is 0.226. The van der Waals surface area contributed by atoms with Crippen LogP contribution in [0.4, 0.5) is 5.69 Å². The molecule has 4 heteroatoms. The van der Waals surface area contributed by atoms with Crippen LogP contribution in [0.1, 0.15) is 5.56 Å². The van der Waals surface area contributed by atoms with Crippen LogP contribution in [-0.2, 0) is 0 Å². The Morgan fingerprint density at radius 3 is 2.54 bits per heavy atom. The molecule has 0 aliphatic carbocycles. The Labute approximate surface area is 162 Å². The van der Waals surface area contributed by atoms with E-state index in [-0.39, 0.29) is 5.75 Å². The Hall–Kier alpha value is -3.92. The van der Waals surface area contributed by atoms with Crippen LogP contribution in [0, 0.1) is 0 Å². The molecule has 2 aromatic heterocycles. The number of pyridine rings is 1. The monoisotopic (exact) mass is 363 g/mol. The van der Waals surface area contributed by atoms with Crippen LogP contribution in [0.15, 0.2) is 96.2 Å². The molecule has 0 radical (unpaired) electrons. The van der Waals surface area contributed by atoms with Crippen LogP contribution in [0.5, 0.6) is 5.75 Å². The van der Waals surface area contributed by atoms with E-state index in [1.807, 2.05) is 89.6 Å². The molecule has 0 aliphatic rings. The number of aromatic nitrogens is 2. The zero-order valence-electron chi connectivity index (χ0n) is 15.0. The Morgan fingerprint density at radius 1 is 0.857 bits per heavy atom. The first-order chi connectivity index (χ1) is 13.8. The Morgan fingerprint density at radius 2 is 1.68 bits per heavy atom. The minimum absolute atomic E-state index is 0.226. The average molecular weight is 363 g/mol. The summed E-state index contributed by atoms with van der Waals surface area (Å²) in [7, 11) is 0. The number of rotatable bonds is 3. The third kappa shape index (κ3) is 2.91. The van der Waals surface area contributed by atoms with Gasteiger partial charge in [-0.25, -0.2) is 4.98 Å². The first-order valence-electron chi connectivity index (χ1n) is 9.07. The van der Waals surface area contributed by atoms with Gasteiger partial charge in [-0.2, -0.15) is 0 Å². The summed E-state index contributed by atoms with van der Waals surface area (Å²) in [5.41, 5.74) is 4.43. The van der Waals surface area contributed by atoms with Crippen molar-refractivity contribution < 1.29 is 5.11 Å². The second kappa shape index (κ2) is 6.67. The second-order valence-electron chi connectivity index (χ2n) is 6.62. The summed E-state index contributed by atoms with van der Waals surface area (Å²) in [6, 6.07) is 25.5. The fourth-order valence-corrected chi connectivity index (χ4v) is 3.35. The van der Waals surface area contributed by atoms with Crippen molar-refractivity contribution in [2.75, 3.05) is 0 Å². The van der Waals surface area contributed by atoms with E-state index in [1.165, 1.54) is 0 Å². The fourth-order valence-electron chi connectivity index (χ4n) is 3.35. The normalized spacial score (nSPS) is 11.6. The van der Waals surface area contributed by atoms with E-state index in [2.05, 4.69) is 9.98 Å². The molecule has 0 spiro atoms. The highest BCUT2D eigenvalue weighted by Gasteiger charge is 2.05. The number of phenolic OH excluding ortho intramolecular Hbond substituents is 1. The van der Waals surface area contributed by atoms with Gasteiger partial charge in [-0.1, -0.05) is 48.5 Å². The van der Waals surface area contributed by atoms with Gasteiger partial charge in [-0.05, 0) is 41.1 Å². The molecule has 0 aliphatic heterocycles. The molecule has 2 heterocycles. The van der Waals surface area contributed by atoms with E-state index in [0.29, 0.717) is 0 Å². The lowest BCUT2D eigenvalue weighted by molar-refractivity contribution is 0.475. The van der Waals surface area contributed by atoms with E-state index in [9.17, 15) is 5.11 Å². The third-order valence-electron chi connectivity index (χ3n) is 4.82. The molecule has 4 nitrogen and oxygen atoms in total. The standard InChI is InChI=1S/C24H17N3O/c28-23-13-10-17-5-1-2-6-20(17)21(23)15-25-19-11-8-18(9-12-19)22-16-27-14-4-3-7-24(27)26-22/h1-16,28H. The van der Waals surface area contributed by atoms with Gasteiger partial charge in [0, 0.05) is 29.7 Å². The highest BCUT2D eigenvalue weighted by Crippen LogP contribution is 2.27. The van der Waals surface area contributed by atoms with Crippen LogP contribution in [0.2, 0.25) is 0 Å². The number of nitrogens with zero attached hydrogens (tertiary/aromatic N) is 3. The quantitative estimate of drug-likeness (QED) is 0.424. The number of aromatic hydroxyl groups is 1. The van der Waals surface area contributed by atoms with Crippen molar-refractivity contribution in [2.24, 2.45) is 4.99 Å². The minimum Gasteiger partial charge on any atom is -0.507 e. The summed E-state index contributed by atoms with van der Waals surface area (Å²) in [6.45, 7) is 0. The van der Waals surface area contributed by atoms with Crippen molar-refractivity contribution in [3.05, 3.63) is 96.8 Å². The lowest BCUT2D eigenvalue weighted by Gasteiger charge is -2.04. The molecule has 0 atom stereocenters. The van der Waals surface area contributed by atoms with Gasteiger partial charge in [-0.3, -0.25) is 4.99 Å². The van der Waals surface area contributed by atoms with Crippen molar-refractivity contribution in [3.63, 3.8) is 0 Å². The van der Waals surface area contributed by atoms with Crippen molar-refractivity contribution >= 4 is 28.3 Å². The Kier molecular flexibility index (Phi) is 3.87. The molecule has 1 N–H and O–H groups in total. The highest BCUT2D eigenvalue weighted by molar-refractivity contribution is 6.03. The zero-order valence-corrected chi connectivity index (χ0v) is 15.0. The summed E-state index contributed by atoms with van der Waals surface area (Å²) in [6.07, 6.45) is 5.72. The number of phenols is 1. The van der Waals surface area contributed by atoms with Crippen LogP contribution >= 0.6 is 0 Å². The van der Waals surface area contributed by atoms with Crippen molar-refractivity contribution in [2.45, 2.75) is 0 Å². The number of fused-ring (bicyclic) bond motifs is 2. The van der Waals surface area contributed by atoms with Gasteiger partial charge in [0.15, 0.2) is 0 Å². The van der Waals surface area contributed by atoms with Gasteiger partial charge in [0.2, 0.25) is 0 Å². The molecule has 0 unspecified atom stereocenters. The van der Waals surface area contributed by atoms with E-state index >= 15 is 0 Å². The summed E-state index contributed by atoms with van der Waals surface area (Å²) in [4.78, 5) is 9.20. The fraction of sp³-hybridized carbons (Fsp3) is 0.